The molecule has 0 radical (unpaired) electrons. The Bertz CT molecular complexity index is 697. The van der Waals surface area contributed by atoms with Crippen LogP contribution < -0.4 is 0 Å². The van der Waals surface area contributed by atoms with Gasteiger partial charge in [-0.15, -0.1) is 0 Å². The summed E-state index contributed by atoms with van der Waals surface area (Å²) in [6.45, 7) is 2.05. The molecule has 0 aliphatic carbocycles. The van der Waals surface area contributed by atoms with E-state index in [0.29, 0.717) is 23.3 Å². The second kappa shape index (κ2) is 7.06. The summed E-state index contributed by atoms with van der Waals surface area (Å²) in [6, 6.07) is 18.6. The summed E-state index contributed by atoms with van der Waals surface area (Å²) in [6.07, 6.45) is 1.74. The van der Waals surface area contributed by atoms with Crippen LogP contribution >= 0.6 is 0 Å². The van der Waals surface area contributed by atoms with E-state index in [2.05, 4.69) is 6.07 Å². The number of nitrogens with zero attached hydrogens (tertiary/aromatic N) is 1. The normalized spacial score (nSPS) is 10.8. The van der Waals surface area contributed by atoms with Crippen molar-refractivity contribution in [2.45, 2.75) is 6.92 Å². The van der Waals surface area contributed by atoms with Crippen molar-refractivity contribution in [1.82, 2.24) is 0 Å². The molecule has 0 amide bonds. The Kier molecular flexibility index (Phi) is 4.89. The van der Waals surface area contributed by atoms with Crippen LogP contribution in [0.2, 0.25) is 0 Å². The van der Waals surface area contributed by atoms with Gasteiger partial charge in [-0.25, -0.2) is 4.79 Å². The van der Waals surface area contributed by atoms with Crippen LogP contribution in [0.5, 0.6) is 0 Å². The number of carbonyl (C=O) groups excluding carboxylic acids is 1. The largest absolute Gasteiger partial charge is 0.462 e. The summed E-state index contributed by atoms with van der Waals surface area (Å²) in [5, 5.41) is 9.22. The maximum atomic E-state index is 12.2. The van der Waals surface area contributed by atoms with Gasteiger partial charge >= 0.3 is 5.97 Å². The molecular formula is C18H15NO2. The molecule has 0 fully saturated rings. The van der Waals surface area contributed by atoms with Crippen molar-refractivity contribution in [2.24, 2.45) is 0 Å². The molecular weight excluding hydrogens is 262 g/mol. The smallest absolute Gasteiger partial charge is 0.338 e. The minimum Gasteiger partial charge on any atom is -0.462 e. The predicted octanol–water partition coefficient (Wildman–Crippen LogP) is 3.66. The number of carbonyl (C=O) groups is 1. The summed E-state index contributed by atoms with van der Waals surface area (Å²) in [7, 11) is 0. The minimum atomic E-state index is -0.427. The molecule has 2 aromatic rings. The highest BCUT2D eigenvalue weighted by atomic mass is 16.5. The number of ether oxygens (including phenoxy) is 1. The molecule has 2 rings (SSSR count). The first-order valence-corrected chi connectivity index (χ1v) is 6.69. The molecule has 0 saturated carbocycles. The molecule has 0 atom stereocenters. The van der Waals surface area contributed by atoms with Gasteiger partial charge in [0.05, 0.1) is 23.8 Å². The molecule has 3 nitrogen and oxygen atoms in total. The molecule has 0 spiro atoms. The molecule has 0 heterocycles. The first kappa shape index (κ1) is 14.5. The van der Waals surface area contributed by atoms with Gasteiger partial charge < -0.3 is 4.74 Å². The highest BCUT2D eigenvalue weighted by Crippen LogP contribution is 2.23. The highest BCUT2D eigenvalue weighted by molar-refractivity contribution is 6.22. The Morgan fingerprint density at radius 2 is 1.81 bits per heavy atom. The third-order valence-corrected chi connectivity index (χ3v) is 2.94. The van der Waals surface area contributed by atoms with Gasteiger partial charge in [-0.1, -0.05) is 48.5 Å². The number of benzene rings is 2. The zero-order valence-electron chi connectivity index (χ0n) is 11.7. The van der Waals surface area contributed by atoms with Gasteiger partial charge in [-0.05, 0) is 24.6 Å². The maximum Gasteiger partial charge on any atom is 0.338 e. The van der Waals surface area contributed by atoms with E-state index in [0.717, 1.165) is 5.56 Å². The van der Waals surface area contributed by atoms with E-state index in [1.54, 1.807) is 37.3 Å². The number of esters is 1. The van der Waals surface area contributed by atoms with Gasteiger partial charge in [0.1, 0.15) is 0 Å². The van der Waals surface area contributed by atoms with Crippen molar-refractivity contribution >= 4 is 17.6 Å². The average Bonchev–Trinajstić information content (AvgIpc) is 2.54. The van der Waals surface area contributed by atoms with Crippen molar-refractivity contribution < 1.29 is 9.53 Å². The fourth-order valence-electron chi connectivity index (χ4n) is 1.99. The van der Waals surface area contributed by atoms with E-state index < -0.39 is 5.97 Å². The standard InChI is InChI=1S/C18H15NO2/c1-2-21-18(20)17(12-14-8-4-3-5-9-14)16-11-7-6-10-15(16)13-19/h3-12H,2H2,1H3/b17-12-. The van der Waals surface area contributed by atoms with Crippen LogP contribution in [-0.4, -0.2) is 12.6 Å². The zero-order chi connectivity index (χ0) is 15.1. The number of nitriles is 1. The van der Waals surface area contributed by atoms with Gasteiger partial charge in [0.15, 0.2) is 0 Å². The second-order valence-corrected chi connectivity index (χ2v) is 4.35. The van der Waals surface area contributed by atoms with Gasteiger partial charge in [-0.3, -0.25) is 0 Å². The molecule has 0 unspecified atom stereocenters. The van der Waals surface area contributed by atoms with Crippen molar-refractivity contribution in [3.05, 3.63) is 71.3 Å². The lowest BCUT2D eigenvalue weighted by atomic mass is 9.98. The molecule has 0 aliphatic rings. The number of rotatable bonds is 4. The fraction of sp³-hybridized carbons (Fsp3) is 0.111. The summed E-state index contributed by atoms with van der Waals surface area (Å²) < 4.78 is 5.11. The first-order chi connectivity index (χ1) is 10.3. The lowest BCUT2D eigenvalue weighted by Gasteiger charge is -2.09. The van der Waals surface area contributed by atoms with E-state index in [1.165, 1.54) is 0 Å². The second-order valence-electron chi connectivity index (χ2n) is 4.35. The lowest BCUT2D eigenvalue weighted by molar-refractivity contribution is -0.136. The lowest BCUT2D eigenvalue weighted by Crippen LogP contribution is -2.08. The van der Waals surface area contributed by atoms with Crippen molar-refractivity contribution in [3.8, 4) is 6.07 Å². The Morgan fingerprint density at radius 1 is 1.14 bits per heavy atom. The van der Waals surface area contributed by atoms with Crippen LogP contribution in [0.15, 0.2) is 54.6 Å². The van der Waals surface area contributed by atoms with E-state index >= 15 is 0 Å². The third kappa shape index (κ3) is 3.58. The Balaban J connectivity index is 2.54. The van der Waals surface area contributed by atoms with E-state index in [-0.39, 0.29) is 0 Å². The van der Waals surface area contributed by atoms with Crippen LogP contribution in [0, 0.1) is 11.3 Å². The molecule has 21 heavy (non-hydrogen) atoms. The van der Waals surface area contributed by atoms with Gasteiger partial charge in [0, 0.05) is 5.56 Å². The number of hydrogen-bond acceptors (Lipinski definition) is 3. The SMILES string of the molecule is CCOC(=O)/C(=C\c1ccccc1)c1ccccc1C#N. The highest BCUT2D eigenvalue weighted by Gasteiger charge is 2.16. The van der Waals surface area contributed by atoms with E-state index in [1.807, 2.05) is 30.3 Å². The van der Waals surface area contributed by atoms with Crippen molar-refractivity contribution in [2.75, 3.05) is 6.61 Å². The molecule has 0 saturated heterocycles. The van der Waals surface area contributed by atoms with Crippen molar-refractivity contribution in [1.29, 1.82) is 5.26 Å². The molecule has 104 valence electrons. The monoisotopic (exact) mass is 277 g/mol. The van der Waals surface area contributed by atoms with Crippen LogP contribution in [-0.2, 0) is 9.53 Å². The first-order valence-electron chi connectivity index (χ1n) is 6.69. The maximum absolute atomic E-state index is 12.2. The molecule has 0 N–H and O–H groups in total. The van der Waals surface area contributed by atoms with Crippen LogP contribution in [0.25, 0.3) is 11.6 Å². The van der Waals surface area contributed by atoms with Gasteiger partial charge in [-0.2, -0.15) is 5.26 Å². The number of hydrogen-bond donors (Lipinski definition) is 0. The summed E-state index contributed by atoms with van der Waals surface area (Å²) in [5.41, 5.74) is 2.31. The molecule has 2 aromatic carbocycles. The Morgan fingerprint density at radius 3 is 2.48 bits per heavy atom. The average molecular weight is 277 g/mol. The third-order valence-electron chi connectivity index (χ3n) is 2.94. The molecule has 0 aromatic heterocycles. The van der Waals surface area contributed by atoms with Gasteiger partial charge in [0.25, 0.3) is 0 Å². The Hall–Kier alpha value is -2.86. The summed E-state index contributed by atoms with van der Waals surface area (Å²) in [4.78, 5) is 12.2. The molecule has 0 bridgehead atoms. The Labute approximate surface area is 124 Å². The van der Waals surface area contributed by atoms with Crippen LogP contribution in [0.4, 0.5) is 0 Å². The molecule has 0 aliphatic heterocycles. The van der Waals surface area contributed by atoms with Gasteiger partial charge in [0.2, 0.25) is 0 Å². The quantitative estimate of drug-likeness (QED) is 0.487. The van der Waals surface area contributed by atoms with Crippen molar-refractivity contribution in [3.63, 3.8) is 0 Å². The minimum absolute atomic E-state index is 0.291. The van der Waals surface area contributed by atoms with Crippen LogP contribution in [0.1, 0.15) is 23.6 Å². The summed E-state index contributed by atoms with van der Waals surface area (Å²) in [5.74, 6) is -0.427. The molecule has 3 heteroatoms. The summed E-state index contributed by atoms with van der Waals surface area (Å²) >= 11 is 0. The zero-order valence-corrected chi connectivity index (χ0v) is 11.7. The van der Waals surface area contributed by atoms with E-state index in [9.17, 15) is 10.1 Å². The predicted molar refractivity (Wildman–Crippen MR) is 82.1 cm³/mol. The fourth-order valence-corrected chi connectivity index (χ4v) is 1.99. The van der Waals surface area contributed by atoms with Crippen LogP contribution in [0.3, 0.4) is 0 Å². The topological polar surface area (TPSA) is 50.1 Å². The van der Waals surface area contributed by atoms with E-state index in [4.69, 9.17) is 4.74 Å².